The van der Waals surface area contributed by atoms with E-state index >= 15 is 0 Å². The summed E-state index contributed by atoms with van der Waals surface area (Å²) >= 11 is 6.51. The number of benzene rings is 2. The van der Waals surface area contributed by atoms with Crippen molar-refractivity contribution in [3.05, 3.63) is 117 Å². The molecule has 15 nitrogen and oxygen atoms in total. The number of hydrogen-bond donors (Lipinski definition) is 3. The second kappa shape index (κ2) is 30.7. The molecule has 2 unspecified atom stereocenters. The van der Waals surface area contributed by atoms with E-state index in [1.165, 1.54) is 69.7 Å². The number of carboxylic acids is 1. The second-order valence-corrected chi connectivity index (χ2v) is 18.1. The van der Waals surface area contributed by atoms with Gasteiger partial charge in [0.25, 0.3) is 17.9 Å². The number of fused-ring (bicyclic) bond motifs is 4. The molecule has 4 N–H and O–H groups in total. The number of aldehydes is 1. The number of rotatable bonds is 12. The van der Waals surface area contributed by atoms with Crippen LogP contribution in [0.5, 0.6) is 11.5 Å². The van der Waals surface area contributed by atoms with Crippen LogP contribution in [0.1, 0.15) is 99.2 Å². The van der Waals surface area contributed by atoms with E-state index in [1.807, 2.05) is 30.5 Å². The molecule has 2 radical (unpaired) electrons. The van der Waals surface area contributed by atoms with Gasteiger partial charge in [0, 0.05) is 82.5 Å². The Hall–Kier alpha value is -3.72. The van der Waals surface area contributed by atoms with Gasteiger partial charge < -0.3 is 44.7 Å². The molecule has 6 atom stereocenters. The Balaban J connectivity index is 0.000000251. The summed E-state index contributed by atoms with van der Waals surface area (Å²) < 4.78 is 22.4. The standard InChI is InChI=1S/C21H26BrN3O.C15H22N2O.C6H4BrNO.C4H6BO4.C2H4O2.Na/c1-25-17-6-7-18(25)11-20(10-17)26-19-4-2-3-15(9-19)12-23-13-16-5-8-21(22)24-14-16;1-17-12-5-6-13(17)9-15(8-12)18-14-4-2-3-11(7-14)10-16;7-6-2-1-5(4-9)3-8-6;1-3(6)8-5-9-4(2)7;1-2(3)4;/h2-5,8-9,14,17-18,20,23H,6-7,10-13H2,1H3;2-4,7,12-13,15H,5-6,8-10,16H2,1H3;1-4H;1-2H3;1H3,(H,3,4);/q;;;-1;;+1/t17-,18+,20?;12-,13+,15?;;;;. The Labute approximate surface area is 434 Å². The number of nitrogens with two attached hydrogens (primary N) is 1. The van der Waals surface area contributed by atoms with Crippen LogP contribution in [0.25, 0.3) is 0 Å². The first-order valence-corrected chi connectivity index (χ1v) is 23.6. The topological polar surface area (TPSA) is 196 Å². The number of aliphatic carboxylic acids is 1. The second-order valence-electron chi connectivity index (χ2n) is 16.5. The number of nitrogens with one attached hydrogen (secondary N) is 1. The summed E-state index contributed by atoms with van der Waals surface area (Å²) in [4.78, 5) is 52.2. The number of pyridine rings is 2. The van der Waals surface area contributed by atoms with Crippen molar-refractivity contribution in [1.29, 1.82) is 0 Å². The third-order valence-corrected chi connectivity index (χ3v) is 12.4. The number of nitrogens with zero attached hydrogens (tertiary/aromatic N) is 4. The molecule has 6 heterocycles. The Bertz CT molecular complexity index is 2080. The minimum absolute atomic E-state index is 0. The van der Waals surface area contributed by atoms with E-state index in [9.17, 15) is 14.4 Å². The number of carbonyl (C=O) groups is 4. The summed E-state index contributed by atoms with van der Waals surface area (Å²) in [7, 11) is 5.23. The predicted molar refractivity (Wildman–Crippen MR) is 260 cm³/mol. The van der Waals surface area contributed by atoms with Crippen LogP contribution < -0.4 is 50.1 Å². The van der Waals surface area contributed by atoms with Gasteiger partial charge in [0.05, 0.1) is 0 Å². The molecule has 4 aromatic rings. The van der Waals surface area contributed by atoms with Gasteiger partial charge >= 0.3 is 29.6 Å². The van der Waals surface area contributed by atoms with Gasteiger partial charge in [-0.1, -0.05) is 30.3 Å². The van der Waals surface area contributed by atoms with E-state index in [0.717, 1.165) is 77.5 Å². The normalized spacial score (nSPS) is 21.0. The van der Waals surface area contributed by atoms with E-state index in [-0.39, 0.29) is 29.6 Å². The number of halogens is 2. The molecule has 0 saturated carbocycles. The molecule has 67 heavy (non-hydrogen) atoms. The number of ether oxygens (including phenoxy) is 2. The first kappa shape index (κ1) is 57.6. The van der Waals surface area contributed by atoms with Crippen molar-refractivity contribution in [2.75, 3.05) is 14.1 Å². The molecule has 4 aliphatic heterocycles. The van der Waals surface area contributed by atoms with Crippen molar-refractivity contribution in [3.63, 3.8) is 0 Å². The molecule has 8 rings (SSSR count). The Morgan fingerprint density at radius 3 is 1.55 bits per heavy atom. The van der Waals surface area contributed by atoms with E-state index in [2.05, 4.69) is 117 Å². The summed E-state index contributed by atoms with van der Waals surface area (Å²) in [6.07, 6.45) is 14.9. The van der Waals surface area contributed by atoms with Crippen LogP contribution in [-0.4, -0.2) is 107 Å². The van der Waals surface area contributed by atoms with Crippen LogP contribution in [0.15, 0.2) is 94.4 Å². The first-order valence-electron chi connectivity index (χ1n) is 22.0. The Morgan fingerprint density at radius 1 is 0.716 bits per heavy atom. The minimum Gasteiger partial charge on any atom is -0.702 e. The smallest absolute Gasteiger partial charge is 0.702 e. The van der Waals surface area contributed by atoms with E-state index in [0.29, 0.717) is 44.1 Å². The summed E-state index contributed by atoms with van der Waals surface area (Å²) in [5.41, 5.74) is 9.84. The zero-order chi connectivity index (χ0) is 48.0. The van der Waals surface area contributed by atoms with E-state index in [1.54, 1.807) is 12.1 Å². The Morgan fingerprint density at radius 2 is 1.15 bits per heavy atom. The first-order chi connectivity index (χ1) is 31.6. The van der Waals surface area contributed by atoms with Gasteiger partial charge in [-0.05, 0) is 156 Å². The van der Waals surface area contributed by atoms with Crippen molar-refractivity contribution in [1.82, 2.24) is 25.1 Å². The number of carboxylic acid groups (broad SMARTS) is 1. The van der Waals surface area contributed by atoms with Crippen LogP contribution in [0.3, 0.4) is 0 Å². The maximum absolute atomic E-state index is 10.1. The van der Waals surface area contributed by atoms with E-state index < -0.39 is 17.9 Å². The quantitative estimate of drug-likeness (QED) is 0.100. The maximum Gasteiger partial charge on any atom is 1.00 e. The Kier molecular flexibility index (Phi) is 26.4. The van der Waals surface area contributed by atoms with Crippen molar-refractivity contribution in [2.24, 2.45) is 5.73 Å². The minimum atomic E-state index is -0.833. The summed E-state index contributed by atoms with van der Waals surface area (Å²) in [5.74, 6) is 0.114. The van der Waals surface area contributed by atoms with Crippen molar-refractivity contribution in [2.45, 2.75) is 128 Å². The third kappa shape index (κ3) is 21.6. The number of hydrogen-bond acceptors (Lipinski definition) is 14. The molecular formula is C48H62BBr2N6NaO9. The molecule has 2 aromatic heterocycles. The zero-order valence-electron chi connectivity index (χ0n) is 39.3. The number of piperidine rings is 2. The molecule has 2 aromatic carbocycles. The molecular weight excluding hydrogens is 998 g/mol. The van der Waals surface area contributed by atoms with Crippen molar-refractivity contribution < 1.29 is 72.6 Å². The third-order valence-electron chi connectivity index (χ3n) is 11.5. The van der Waals surface area contributed by atoms with Gasteiger partial charge in [0.1, 0.15) is 40.6 Å². The summed E-state index contributed by atoms with van der Waals surface area (Å²) in [5, 5.41) is 10.9. The van der Waals surface area contributed by atoms with Gasteiger partial charge in [-0.2, -0.15) is 0 Å². The van der Waals surface area contributed by atoms with Crippen molar-refractivity contribution >= 4 is 63.7 Å². The fourth-order valence-corrected chi connectivity index (χ4v) is 8.72. The summed E-state index contributed by atoms with van der Waals surface area (Å²) in [6, 6.07) is 27.0. The van der Waals surface area contributed by atoms with Gasteiger partial charge in [-0.15, -0.1) is 0 Å². The fourth-order valence-electron chi connectivity index (χ4n) is 8.25. The molecule has 356 valence electrons. The van der Waals surface area contributed by atoms with Crippen LogP contribution in [0.4, 0.5) is 0 Å². The van der Waals surface area contributed by atoms with Gasteiger partial charge in [0.15, 0.2) is 6.29 Å². The molecule has 4 bridgehead atoms. The number of carbonyl (C=O) groups excluding carboxylic acids is 3. The van der Waals surface area contributed by atoms with Gasteiger partial charge in [-0.3, -0.25) is 19.2 Å². The van der Waals surface area contributed by atoms with Gasteiger partial charge in [-0.25, -0.2) is 9.97 Å². The SMILES string of the molecule is CC(=O)O.CC(=O)O[B-]OC(C)=O.CN1[C@@H]2CC[C@H]1CC(Oc1cccc(CN)c1)C2.CN1[C@@H]2CC[C@H]1CC(Oc1cccc(CNCc3ccc(Br)nc3)c1)C2.O=Cc1ccc(Br)nc1.[Na+]. The van der Waals surface area contributed by atoms with E-state index in [4.69, 9.17) is 25.1 Å². The predicted octanol–water partition coefficient (Wildman–Crippen LogP) is 4.69. The van der Waals surface area contributed by atoms with Crippen LogP contribution >= 0.6 is 31.9 Å². The average Bonchev–Trinajstić information content (AvgIpc) is 3.59. The zero-order valence-corrected chi connectivity index (χ0v) is 44.5. The average molecular weight is 1060 g/mol. The summed E-state index contributed by atoms with van der Waals surface area (Å²) in [6.45, 7) is 5.71. The molecule has 0 aliphatic carbocycles. The molecule has 19 heteroatoms. The molecule has 4 aliphatic rings. The maximum atomic E-state index is 10.1. The number of aromatic nitrogens is 2. The van der Waals surface area contributed by atoms with Crippen LogP contribution in [0, 0.1) is 0 Å². The van der Waals surface area contributed by atoms with Crippen LogP contribution in [-0.2, 0) is 43.3 Å². The fraction of sp³-hybridized carbons (Fsp3) is 0.458. The monoisotopic (exact) mass is 1060 g/mol. The largest absolute Gasteiger partial charge is 1.00 e. The van der Waals surface area contributed by atoms with Crippen LogP contribution in [0.2, 0.25) is 0 Å². The molecule has 0 amide bonds. The van der Waals surface area contributed by atoms with Crippen molar-refractivity contribution in [3.8, 4) is 11.5 Å². The molecule has 4 saturated heterocycles. The van der Waals surface area contributed by atoms with Gasteiger partial charge in [0.2, 0.25) is 0 Å². The molecule has 0 spiro atoms. The molecule has 4 fully saturated rings.